The maximum absolute atomic E-state index is 13.2. The number of aromatic nitrogens is 1. The van der Waals surface area contributed by atoms with E-state index in [4.69, 9.17) is 16.0 Å². The minimum atomic E-state index is -3.72. The van der Waals surface area contributed by atoms with Crippen LogP contribution in [0.15, 0.2) is 50.5 Å². The van der Waals surface area contributed by atoms with Crippen molar-refractivity contribution in [3.8, 4) is 0 Å². The number of carbonyl (C=O) groups excluding carboxylic acids is 1. The zero-order chi connectivity index (χ0) is 23.9. The maximum Gasteiger partial charge on any atom is 0.420 e. The summed E-state index contributed by atoms with van der Waals surface area (Å²) < 4.78 is 34.3. The van der Waals surface area contributed by atoms with E-state index in [0.29, 0.717) is 29.3 Å². The van der Waals surface area contributed by atoms with Crippen molar-refractivity contribution in [3.05, 3.63) is 57.5 Å². The van der Waals surface area contributed by atoms with Crippen LogP contribution in [-0.4, -0.2) is 36.3 Å². The summed E-state index contributed by atoms with van der Waals surface area (Å²) in [4.78, 5) is 25.0. The van der Waals surface area contributed by atoms with E-state index in [1.54, 1.807) is 18.2 Å². The molecule has 1 aliphatic rings. The van der Waals surface area contributed by atoms with E-state index in [1.165, 1.54) is 27.1 Å². The van der Waals surface area contributed by atoms with Crippen molar-refractivity contribution in [1.82, 2.24) is 8.87 Å². The summed E-state index contributed by atoms with van der Waals surface area (Å²) in [5.41, 5.74) is 1.85. The fourth-order valence-electron chi connectivity index (χ4n) is 4.32. The smallest absolute Gasteiger partial charge is 0.408 e. The number of piperidine rings is 1. The van der Waals surface area contributed by atoms with Gasteiger partial charge in [-0.2, -0.15) is 4.31 Å². The van der Waals surface area contributed by atoms with Gasteiger partial charge in [0.1, 0.15) is 6.54 Å². The van der Waals surface area contributed by atoms with Crippen LogP contribution < -0.4 is 11.1 Å². The van der Waals surface area contributed by atoms with E-state index in [2.05, 4.69) is 5.32 Å². The minimum Gasteiger partial charge on any atom is -0.408 e. The molecule has 2 unspecified atom stereocenters. The second-order valence-corrected chi connectivity index (χ2v) is 11.2. The monoisotopic (exact) mass is 491 g/mol. The molecule has 2 aromatic carbocycles. The molecule has 3 aromatic rings. The lowest BCUT2D eigenvalue weighted by atomic mass is 9.94. The molecule has 0 bridgehead atoms. The number of hydrogen-bond acceptors (Lipinski definition) is 5. The van der Waals surface area contributed by atoms with Crippen LogP contribution in [0.2, 0.25) is 5.02 Å². The fourth-order valence-corrected chi connectivity index (χ4v) is 6.20. The molecule has 176 valence electrons. The molecular weight excluding hydrogens is 466 g/mol. The summed E-state index contributed by atoms with van der Waals surface area (Å²) in [6, 6.07) is 9.43. The average Bonchev–Trinajstić information content (AvgIpc) is 3.04. The van der Waals surface area contributed by atoms with Crippen molar-refractivity contribution in [1.29, 1.82) is 0 Å². The van der Waals surface area contributed by atoms with Crippen LogP contribution in [0.1, 0.15) is 25.8 Å². The van der Waals surface area contributed by atoms with Crippen LogP contribution in [0.4, 0.5) is 5.69 Å². The van der Waals surface area contributed by atoms with Crippen molar-refractivity contribution in [2.75, 3.05) is 18.4 Å². The molecule has 0 spiro atoms. The van der Waals surface area contributed by atoms with E-state index >= 15 is 0 Å². The van der Waals surface area contributed by atoms with Crippen LogP contribution >= 0.6 is 11.6 Å². The van der Waals surface area contributed by atoms with Gasteiger partial charge < -0.3 is 9.73 Å². The second kappa shape index (κ2) is 8.96. The molecule has 2 heterocycles. The third-order valence-corrected chi connectivity index (χ3v) is 8.10. The fraction of sp³-hybridized carbons (Fsp3) is 0.391. The lowest BCUT2D eigenvalue weighted by Crippen LogP contribution is -2.42. The minimum absolute atomic E-state index is 0.0657. The number of oxazole rings is 1. The quantitative estimate of drug-likeness (QED) is 0.584. The van der Waals surface area contributed by atoms with Gasteiger partial charge in [-0.3, -0.25) is 9.36 Å². The van der Waals surface area contributed by atoms with Crippen molar-refractivity contribution >= 4 is 44.3 Å². The third kappa shape index (κ3) is 4.85. The Kier molecular flexibility index (Phi) is 6.39. The van der Waals surface area contributed by atoms with Crippen molar-refractivity contribution in [2.45, 2.75) is 38.6 Å². The Balaban J connectivity index is 1.58. The van der Waals surface area contributed by atoms with Crippen LogP contribution in [0.25, 0.3) is 11.1 Å². The number of rotatable bonds is 5. The zero-order valence-corrected chi connectivity index (χ0v) is 20.2. The van der Waals surface area contributed by atoms with Gasteiger partial charge in [0, 0.05) is 29.9 Å². The van der Waals surface area contributed by atoms with Gasteiger partial charge in [-0.1, -0.05) is 31.5 Å². The number of aryl methyl sites for hydroxylation is 1. The van der Waals surface area contributed by atoms with E-state index in [9.17, 15) is 18.0 Å². The highest BCUT2D eigenvalue weighted by Gasteiger charge is 2.32. The molecule has 0 saturated carbocycles. The van der Waals surface area contributed by atoms with Gasteiger partial charge in [0.05, 0.1) is 10.4 Å². The highest BCUT2D eigenvalue weighted by atomic mass is 35.5. The van der Waals surface area contributed by atoms with E-state index in [0.717, 1.165) is 12.0 Å². The van der Waals surface area contributed by atoms with Crippen LogP contribution in [0, 0.1) is 18.8 Å². The highest BCUT2D eigenvalue weighted by Crippen LogP contribution is 2.28. The first-order valence-electron chi connectivity index (χ1n) is 10.7. The van der Waals surface area contributed by atoms with Gasteiger partial charge in [-0.25, -0.2) is 13.2 Å². The lowest BCUT2D eigenvalue weighted by Gasteiger charge is -2.34. The normalized spacial score (nSPS) is 19.6. The third-order valence-electron chi connectivity index (χ3n) is 5.87. The van der Waals surface area contributed by atoms with Gasteiger partial charge in [0.15, 0.2) is 5.58 Å². The molecule has 1 fully saturated rings. The summed E-state index contributed by atoms with van der Waals surface area (Å²) in [6.07, 6.45) is 0.986. The Hall–Kier alpha value is -2.62. The van der Waals surface area contributed by atoms with E-state index in [1.807, 2.05) is 20.8 Å². The number of sulfonamides is 1. The molecule has 8 nitrogen and oxygen atoms in total. The largest absolute Gasteiger partial charge is 0.420 e. The van der Waals surface area contributed by atoms with E-state index in [-0.39, 0.29) is 28.9 Å². The first-order valence-corrected chi connectivity index (χ1v) is 12.6. The van der Waals surface area contributed by atoms with Crippen LogP contribution in [-0.2, 0) is 21.4 Å². The predicted octanol–water partition coefficient (Wildman–Crippen LogP) is 3.86. The van der Waals surface area contributed by atoms with Crippen molar-refractivity contribution < 1.29 is 17.6 Å². The Bertz CT molecular complexity index is 1370. The van der Waals surface area contributed by atoms with E-state index < -0.39 is 21.7 Å². The number of hydrogen-bond donors (Lipinski definition) is 1. The molecule has 2 atom stereocenters. The molecule has 1 aliphatic heterocycles. The van der Waals surface area contributed by atoms with Gasteiger partial charge in [0.2, 0.25) is 15.9 Å². The van der Waals surface area contributed by atoms with Gasteiger partial charge >= 0.3 is 5.76 Å². The first kappa shape index (κ1) is 23.5. The second-order valence-electron chi connectivity index (χ2n) is 8.86. The number of carbonyl (C=O) groups is 1. The molecule has 4 rings (SSSR count). The van der Waals surface area contributed by atoms with Crippen molar-refractivity contribution in [3.63, 3.8) is 0 Å². The summed E-state index contributed by atoms with van der Waals surface area (Å²) >= 11 is 6.09. The Morgan fingerprint density at radius 2 is 1.85 bits per heavy atom. The summed E-state index contributed by atoms with van der Waals surface area (Å²) in [5.74, 6) is -0.633. The SMILES string of the molecule is Cc1ccc(NC(=O)Cn2c(=O)oc3cc(S(=O)(=O)N4CC(C)CC(C)C4)ccc32)cc1Cl. The Labute approximate surface area is 197 Å². The molecule has 1 N–H and O–H groups in total. The molecule has 10 heteroatoms. The zero-order valence-electron chi connectivity index (χ0n) is 18.7. The summed E-state index contributed by atoms with van der Waals surface area (Å²) in [6.45, 7) is 6.56. The van der Waals surface area contributed by atoms with Crippen LogP contribution in [0.5, 0.6) is 0 Å². The number of nitrogens with one attached hydrogen (secondary N) is 1. The average molecular weight is 492 g/mol. The highest BCUT2D eigenvalue weighted by molar-refractivity contribution is 7.89. The molecular formula is C23H26ClN3O5S. The standard InChI is InChI=1S/C23H26ClN3O5S/c1-14-8-15(2)12-26(11-14)33(30,31)18-6-7-20-21(10-18)32-23(29)27(20)13-22(28)25-17-5-4-16(3)19(24)9-17/h4-7,9-10,14-15H,8,11-13H2,1-3H3,(H,25,28). The Morgan fingerprint density at radius 3 is 2.52 bits per heavy atom. The number of anilines is 1. The van der Waals surface area contributed by atoms with Gasteiger partial charge in [-0.05, 0) is 55.0 Å². The number of nitrogens with zero attached hydrogens (tertiary/aromatic N) is 2. The number of amides is 1. The molecule has 1 aromatic heterocycles. The molecule has 33 heavy (non-hydrogen) atoms. The topological polar surface area (TPSA) is 102 Å². The van der Waals surface area contributed by atoms with Gasteiger partial charge in [-0.15, -0.1) is 0 Å². The molecule has 0 radical (unpaired) electrons. The number of halogens is 1. The number of fused-ring (bicyclic) bond motifs is 1. The van der Waals surface area contributed by atoms with Crippen LogP contribution in [0.3, 0.4) is 0 Å². The maximum atomic E-state index is 13.2. The first-order chi connectivity index (χ1) is 15.5. The lowest BCUT2D eigenvalue weighted by molar-refractivity contribution is -0.116. The van der Waals surface area contributed by atoms with Gasteiger partial charge in [0.25, 0.3) is 0 Å². The predicted molar refractivity (Wildman–Crippen MR) is 127 cm³/mol. The molecule has 0 aliphatic carbocycles. The number of benzene rings is 2. The molecule has 1 saturated heterocycles. The van der Waals surface area contributed by atoms with Crippen molar-refractivity contribution in [2.24, 2.45) is 11.8 Å². The summed E-state index contributed by atoms with van der Waals surface area (Å²) in [5, 5.41) is 3.22. The summed E-state index contributed by atoms with van der Waals surface area (Å²) in [7, 11) is -3.72. The molecule has 1 amide bonds. The Morgan fingerprint density at radius 1 is 1.15 bits per heavy atom.